The summed E-state index contributed by atoms with van der Waals surface area (Å²) >= 11 is 0. The molecule has 0 aliphatic carbocycles. The first kappa shape index (κ1) is 20.2. The van der Waals surface area contributed by atoms with Crippen molar-refractivity contribution in [3.63, 3.8) is 0 Å². The molecular weight excluding hydrogens is 392 g/mol. The number of methoxy groups -OCH3 is 1. The standard InChI is InChI=1S/C25H22N2O4/c1-16-11-12-18(21(28)13-16)15-22(29)26-25-23(19-9-6-10-20(14-19)30-2)27-24(31-25)17-7-4-3-5-8-17/h3-14,28H,15H2,1-2H3,(H,26,29). The molecule has 0 spiro atoms. The maximum Gasteiger partial charge on any atom is 0.231 e. The van der Waals surface area contributed by atoms with E-state index >= 15 is 0 Å². The molecular formula is C25H22N2O4. The Morgan fingerprint density at radius 3 is 2.55 bits per heavy atom. The molecule has 0 aliphatic rings. The number of ether oxygens (including phenoxy) is 1. The number of benzene rings is 3. The van der Waals surface area contributed by atoms with Crippen LogP contribution in [0.3, 0.4) is 0 Å². The summed E-state index contributed by atoms with van der Waals surface area (Å²) in [5.41, 5.74) is 3.50. The fraction of sp³-hybridized carbons (Fsp3) is 0.120. The molecule has 0 saturated carbocycles. The molecule has 31 heavy (non-hydrogen) atoms. The lowest BCUT2D eigenvalue weighted by molar-refractivity contribution is -0.115. The molecule has 0 atom stereocenters. The minimum absolute atomic E-state index is 0.00499. The first-order valence-corrected chi connectivity index (χ1v) is 9.82. The van der Waals surface area contributed by atoms with Gasteiger partial charge in [0.15, 0.2) is 0 Å². The number of carbonyl (C=O) groups excluding carboxylic acids is 1. The number of anilines is 1. The molecule has 6 nitrogen and oxygen atoms in total. The average molecular weight is 414 g/mol. The van der Waals surface area contributed by atoms with Crippen LogP contribution in [0.1, 0.15) is 11.1 Å². The van der Waals surface area contributed by atoms with Gasteiger partial charge in [-0.3, -0.25) is 10.1 Å². The van der Waals surface area contributed by atoms with E-state index in [1.54, 1.807) is 19.2 Å². The number of phenols is 1. The van der Waals surface area contributed by atoms with E-state index in [0.29, 0.717) is 22.9 Å². The second kappa shape index (κ2) is 8.75. The van der Waals surface area contributed by atoms with Crippen molar-refractivity contribution in [2.24, 2.45) is 0 Å². The first-order valence-electron chi connectivity index (χ1n) is 9.82. The molecule has 1 aromatic heterocycles. The normalized spacial score (nSPS) is 10.6. The Kier molecular flexibility index (Phi) is 5.71. The highest BCUT2D eigenvalue weighted by molar-refractivity contribution is 5.94. The molecule has 4 aromatic rings. The lowest BCUT2D eigenvalue weighted by Crippen LogP contribution is -2.14. The van der Waals surface area contributed by atoms with Crippen LogP contribution in [0, 0.1) is 6.92 Å². The van der Waals surface area contributed by atoms with Gasteiger partial charge in [-0.2, -0.15) is 0 Å². The highest BCUT2D eigenvalue weighted by atomic mass is 16.5. The van der Waals surface area contributed by atoms with Gasteiger partial charge in [-0.15, -0.1) is 0 Å². The van der Waals surface area contributed by atoms with Gasteiger partial charge in [-0.05, 0) is 42.8 Å². The summed E-state index contributed by atoms with van der Waals surface area (Å²) in [5, 5.41) is 12.9. The summed E-state index contributed by atoms with van der Waals surface area (Å²) in [4.78, 5) is 17.4. The van der Waals surface area contributed by atoms with Crippen LogP contribution >= 0.6 is 0 Å². The molecule has 0 radical (unpaired) electrons. The lowest BCUT2D eigenvalue weighted by Gasteiger charge is -2.07. The number of hydrogen-bond acceptors (Lipinski definition) is 5. The van der Waals surface area contributed by atoms with Gasteiger partial charge in [0, 0.05) is 16.7 Å². The van der Waals surface area contributed by atoms with Crippen LogP contribution in [-0.4, -0.2) is 23.1 Å². The third-order valence-corrected chi connectivity index (χ3v) is 4.84. The lowest BCUT2D eigenvalue weighted by atomic mass is 10.1. The van der Waals surface area contributed by atoms with Gasteiger partial charge in [0.1, 0.15) is 17.2 Å². The van der Waals surface area contributed by atoms with Crippen molar-refractivity contribution in [2.75, 3.05) is 12.4 Å². The Bertz CT molecular complexity index is 1220. The predicted molar refractivity (Wildman–Crippen MR) is 119 cm³/mol. The quantitative estimate of drug-likeness (QED) is 0.452. The van der Waals surface area contributed by atoms with Crippen molar-refractivity contribution < 1.29 is 19.1 Å². The summed E-state index contributed by atoms with van der Waals surface area (Å²) in [6, 6.07) is 22.1. The fourth-order valence-corrected chi connectivity index (χ4v) is 3.24. The summed E-state index contributed by atoms with van der Waals surface area (Å²) in [7, 11) is 1.59. The molecule has 3 aromatic carbocycles. The van der Waals surface area contributed by atoms with Crippen molar-refractivity contribution >= 4 is 11.8 Å². The Morgan fingerprint density at radius 2 is 1.81 bits per heavy atom. The van der Waals surface area contributed by atoms with E-state index in [0.717, 1.165) is 16.7 Å². The first-order chi connectivity index (χ1) is 15.0. The molecule has 1 heterocycles. The average Bonchev–Trinajstić information content (AvgIpc) is 3.20. The molecule has 0 bridgehead atoms. The number of phenolic OH excluding ortho intramolecular Hbond substituents is 1. The van der Waals surface area contributed by atoms with Crippen molar-refractivity contribution in [3.05, 3.63) is 83.9 Å². The van der Waals surface area contributed by atoms with E-state index in [9.17, 15) is 9.90 Å². The second-order valence-electron chi connectivity index (χ2n) is 7.15. The summed E-state index contributed by atoms with van der Waals surface area (Å²) in [6.07, 6.45) is 0.00499. The number of carbonyl (C=O) groups is 1. The monoisotopic (exact) mass is 414 g/mol. The number of aryl methyl sites for hydroxylation is 1. The predicted octanol–water partition coefficient (Wildman–Crippen LogP) is 5.21. The molecule has 0 saturated heterocycles. The largest absolute Gasteiger partial charge is 0.508 e. The minimum atomic E-state index is -0.320. The highest BCUT2D eigenvalue weighted by Crippen LogP contribution is 2.34. The zero-order valence-electron chi connectivity index (χ0n) is 17.3. The number of hydrogen-bond donors (Lipinski definition) is 2. The number of oxazole rings is 1. The van der Waals surface area contributed by atoms with E-state index in [-0.39, 0.29) is 24.0 Å². The van der Waals surface area contributed by atoms with E-state index in [1.165, 1.54) is 0 Å². The number of rotatable bonds is 6. The summed E-state index contributed by atoms with van der Waals surface area (Å²) < 4.78 is 11.3. The molecule has 6 heteroatoms. The maximum absolute atomic E-state index is 12.7. The molecule has 2 N–H and O–H groups in total. The van der Waals surface area contributed by atoms with Gasteiger partial charge in [0.25, 0.3) is 0 Å². The van der Waals surface area contributed by atoms with Crippen LogP contribution in [0.5, 0.6) is 11.5 Å². The maximum atomic E-state index is 12.7. The van der Waals surface area contributed by atoms with Crippen LogP contribution in [0.4, 0.5) is 5.88 Å². The van der Waals surface area contributed by atoms with Gasteiger partial charge >= 0.3 is 0 Å². The van der Waals surface area contributed by atoms with Crippen LogP contribution in [0.15, 0.2) is 77.2 Å². The Labute approximate surface area is 180 Å². The van der Waals surface area contributed by atoms with Crippen LogP contribution in [-0.2, 0) is 11.2 Å². The van der Waals surface area contributed by atoms with Gasteiger partial charge < -0.3 is 14.3 Å². The van der Waals surface area contributed by atoms with E-state index in [1.807, 2.05) is 67.6 Å². The molecule has 156 valence electrons. The third kappa shape index (κ3) is 4.59. The summed E-state index contributed by atoms with van der Waals surface area (Å²) in [5.74, 6) is 1.07. The summed E-state index contributed by atoms with van der Waals surface area (Å²) in [6.45, 7) is 1.88. The fourth-order valence-electron chi connectivity index (χ4n) is 3.24. The van der Waals surface area contributed by atoms with Gasteiger partial charge in [-0.25, -0.2) is 4.98 Å². The van der Waals surface area contributed by atoms with Crippen molar-refractivity contribution in [3.8, 4) is 34.2 Å². The van der Waals surface area contributed by atoms with Gasteiger partial charge in [0.05, 0.1) is 13.5 Å². The number of nitrogens with zero attached hydrogens (tertiary/aromatic N) is 1. The zero-order valence-corrected chi connectivity index (χ0v) is 17.3. The van der Waals surface area contributed by atoms with Gasteiger partial charge in [-0.1, -0.05) is 42.5 Å². The highest BCUT2D eigenvalue weighted by Gasteiger charge is 2.19. The Balaban J connectivity index is 1.67. The Morgan fingerprint density at radius 1 is 1.03 bits per heavy atom. The molecule has 1 amide bonds. The minimum Gasteiger partial charge on any atom is -0.508 e. The zero-order chi connectivity index (χ0) is 21.8. The van der Waals surface area contributed by atoms with Crippen molar-refractivity contribution in [1.29, 1.82) is 0 Å². The smallest absolute Gasteiger partial charge is 0.231 e. The second-order valence-corrected chi connectivity index (χ2v) is 7.15. The molecule has 0 aliphatic heterocycles. The molecule has 4 rings (SSSR count). The van der Waals surface area contributed by atoms with Crippen molar-refractivity contribution in [1.82, 2.24) is 4.98 Å². The Hall–Kier alpha value is -4.06. The number of aromatic nitrogens is 1. The van der Waals surface area contributed by atoms with Crippen molar-refractivity contribution in [2.45, 2.75) is 13.3 Å². The molecule has 0 fully saturated rings. The van der Waals surface area contributed by atoms with Gasteiger partial charge in [0.2, 0.25) is 17.7 Å². The van der Waals surface area contributed by atoms with Crippen LogP contribution in [0.2, 0.25) is 0 Å². The third-order valence-electron chi connectivity index (χ3n) is 4.84. The number of amides is 1. The number of aromatic hydroxyl groups is 1. The topological polar surface area (TPSA) is 84.6 Å². The van der Waals surface area contributed by atoms with Crippen LogP contribution < -0.4 is 10.1 Å². The SMILES string of the molecule is COc1cccc(-c2nc(-c3ccccc3)oc2NC(=O)Cc2ccc(C)cc2O)c1. The van der Waals surface area contributed by atoms with Crippen LogP contribution in [0.25, 0.3) is 22.7 Å². The van der Waals surface area contributed by atoms with E-state index in [2.05, 4.69) is 10.3 Å². The molecule has 0 unspecified atom stereocenters. The van der Waals surface area contributed by atoms with E-state index in [4.69, 9.17) is 9.15 Å². The number of nitrogens with one attached hydrogen (secondary N) is 1. The van der Waals surface area contributed by atoms with E-state index < -0.39 is 0 Å².